The molecule has 0 aliphatic carbocycles. The number of phenolic OH excluding ortho intramolecular Hbond substituents is 1. The predicted octanol–water partition coefficient (Wildman–Crippen LogP) is 5.79. The van der Waals surface area contributed by atoms with Crippen molar-refractivity contribution in [1.29, 1.82) is 0 Å². The van der Waals surface area contributed by atoms with Crippen LogP contribution in [0.15, 0.2) is 66.7 Å². The van der Waals surface area contributed by atoms with Crippen molar-refractivity contribution in [3.8, 4) is 28.5 Å². The molecular formula is C34H33N3O5. The number of carbonyl (C=O) groups excluding carboxylic acids is 2. The summed E-state index contributed by atoms with van der Waals surface area (Å²) in [4.78, 5) is 31.8. The molecule has 3 aromatic carbocycles. The number of benzene rings is 3. The Morgan fingerprint density at radius 2 is 1.67 bits per heavy atom. The molecule has 8 nitrogen and oxygen atoms in total. The number of aromatic hydroxyl groups is 1. The van der Waals surface area contributed by atoms with Crippen LogP contribution < -0.4 is 14.4 Å². The van der Waals surface area contributed by atoms with Crippen molar-refractivity contribution < 1.29 is 24.2 Å². The predicted molar refractivity (Wildman–Crippen MR) is 159 cm³/mol. The fourth-order valence-corrected chi connectivity index (χ4v) is 6.49. The summed E-state index contributed by atoms with van der Waals surface area (Å²) >= 11 is 0. The normalized spacial score (nSPS) is 17.0. The van der Waals surface area contributed by atoms with Crippen LogP contribution >= 0.6 is 0 Å². The molecule has 4 aromatic rings. The van der Waals surface area contributed by atoms with E-state index in [1.165, 1.54) is 5.56 Å². The number of hydrogen-bond acceptors (Lipinski definition) is 5. The Hall–Kier alpha value is -4.72. The van der Waals surface area contributed by atoms with Crippen LogP contribution in [0.5, 0.6) is 17.2 Å². The lowest BCUT2D eigenvalue weighted by molar-refractivity contribution is 0.0658. The van der Waals surface area contributed by atoms with Gasteiger partial charge < -0.3 is 28.9 Å². The molecular weight excluding hydrogens is 530 g/mol. The molecule has 0 fully saturated rings. The fourth-order valence-electron chi connectivity index (χ4n) is 6.49. The SMILES string of the molecule is C[C@H]1Cc2ccccc2CN1C(=O)c1cc2c(cc1-c1cc(C(=O)N(C)c3ccc(O)cc3)c3n1CCCC3)OCO2. The third-order valence-electron chi connectivity index (χ3n) is 8.81. The van der Waals surface area contributed by atoms with Crippen molar-refractivity contribution in [1.82, 2.24) is 9.47 Å². The molecule has 1 N–H and O–H groups in total. The van der Waals surface area contributed by atoms with E-state index < -0.39 is 0 Å². The Morgan fingerprint density at radius 1 is 0.929 bits per heavy atom. The molecule has 2 amide bonds. The molecule has 1 atom stereocenters. The molecule has 42 heavy (non-hydrogen) atoms. The van der Waals surface area contributed by atoms with Gasteiger partial charge in [0.2, 0.25) is 6.79 Å². The Balaban J connectivity index is 1.32. The van der Waals surface area contributed by atoms with Gasteiger partial charge >= 0.3 is 0 Å². The van der Waals surface area contributed by atoms with Crippen LogP contribution in [-0.2, 0) is 25.9 Å². The van der Waals surface area contributed by atoms with E-state index in [-0.39, 0.29) is 30.4 Å². The van der Waals surface area contributed by atoms with E-state index in [2.05, 4.69) is 23.6 Å². The molecule has 0 radical (unpaired) electrons. The first kappa shape index (κ1) is 26.2. The van der Waals surface area contributed by atoms with Crippen LogP contribution in [-0.4, -0.2) is 46.3 Å². The average Bonchev–Trinajstić information content (AvgIpc) is 3.64. The third-order valence-corrected chi connectivity index (χ3v) is 8.81. The minimum absolute atomic E-state index is 0.0306. The van der Waals surface area contributed by atoms with Gasteiger partial charge in [0.15, 0.2) is 11.5 Å². The summed E-state index contributed by atoms with van der Waals surface area (Å²) in [7, 11) is 1.74. The highest BCUT2D eigenvalue weighted by Gasteiger charge is 2.33. The first-order valence-corrected chi connectivity index (χ1v) is 14.5. The summed E-state index contributed by atoms with van der Waals surface area (Å²) in [5, 5.41) is 9.72. The van der Waals surface area contributed by atoms with Crippen molar-refractivity contribution in [3.05, 3.63) is 94.7 Å². The quantitative estimate of drug-likeness (QED) is 0.340. The minimum atomic E-state index is -0.132. The Bertz CT molecular complexity index is 1710. The van der Waals surface area contributed by atoms with Gasteiger partial charge in [0.05, 0.1) is 11.1 Å². The highest BCUT2D eigenvalue weighted by Crippen LogP contribution is 2.42. The molecule has 0 saturated carbocycles. The largest absolute Gasteiger partial charge is 0.508 e. The average molecular weight is 564 g/mol. The van der Waals surface area contributed by atoms with Crippen LogP contribution in [0.25, 0.3) is 11.3 Å². The number of nitrogens with zero attached hydrogens (tertiary/aromatic N) is 3. The van der Waals surface area contributed by atoms with Gasteiger partial charge in [-0.05, 0) is 86.2 Å². The van der Waals surface area contributed by atoms with Gasteiger partial charge in [0.25, 0.3) is 11.8 Å². The van der Waals surface area contributed by atoms with Gasteiger partial charge in [-0.1, -0.05) is 24.3 Å². The van der Waals surface area contributed by atoms with Crippen molar-refractivity contribution in [2.75, 3.05) is 18.7 Å². The molecule has 0 spiro atoms. The van der Waals surface area contributed by atoms with Gasteiger partial charge in [-0.15, -0.1) is 0 Å². The van der Waals surface area contributed by atoms with E-state index in [0.29, 0.717) is 34.9 Å². The highest BCUT2D eigenvalue weighted by molar-refractivity contribution is 6.08. The van der Waals surface area contributed by atoms with Crippen LogP contribution in [0.1, 0.15) is 57.3 Å². The lowest BCUT2D eigenvalue weighted by Crippen LogP contribution is -2.42. The summed E-state index contributed by atoms with van der Waals surface area (Å²) in [5.74, 6) is 1.10. The van der Waals surface area contributed by atoms with Gasteiger partial charge in [-0.25, -0.2) is 0 Å². The lowest BCUT2D eigenvalue weighted by Gasteiger charge is -2.35. The number of anilines is 1. The topological polar surface area (TPSA) is 84.2 Å². The molecule has 0 unspecified atom stereocenters. The molecule has 3 aliphatic rings. The molecule has 214 valence electrons. The summed E-state index contributed by atoms with van der Waals surface area (Å²) in [5.41, 5.74) is 6.84. The van der Waals surface area contributed by atoms with Crippen molar-refractivity contribution in [3.63, 3.8) is 0 Å². The smallest absolute Gasteiger partial charge is 0.259 e. The Labute approximate surface area is 244 Å². The molecule has 3 aliphatic heterocycles. The van der Waals surface area contributed by atoms with E-state index in [4.69, 9.17) is 9.47 Å². The zero-order valence-electron chi connectivity index (χ0n) is 23.8. The minimum Gasteiger partial charge on any atom is -0.508 e. The van der Waals surface area contributed by atoms with Crippen molar-refractivity contribution in [2.45, 2.75) is 51.7 Å². The Morgan fingerprint density at radius 3 is 2.45 bits per heavy atom. The zero-order valence-corrected chi connectivity index (χ0v) is 23.8. The fraction of sp³-hybridized carbons (Fsp3) is 0.294. The number of fused-ring (bicyclic) bond motifs is 3. The standard InChI is InChI=1S/C34H33N3O5/c1-21-15-22-7-3-4-8-23(22)19-37(21)34(40)27-18-32-31(41-20-42-32)17-26(27)30-16-28(29-9-5-6-14-36(29)30)33(39)35(2)24-10-12-25(38)13-11-24/h3-4,7-8,10-13,16-18,21,38H,5-6,9,14-15,19-20H2,1-2H3/t21-/m0/s1. The number of ether oxygens (including phenoxy) is 2. The van der Waals surface area contributed by atoms with Gasteiger partial charge in [-0.2, -0.15) is 0 Å². The van der Waals surface area contributed by atoms with Crippen molar-refractivity contribution in [2.24, 2.45) is 0 Å². The van der Waals surface area contributed by atoms with Crippen LogP contribution in [0.2, 0.25) is 0 Å². The first-order chi connectivity index (χ1) is 20.4. The number of rotatable bonds is 4. The molecule has 0 bridgehead atoms. The monoisotopic (exact) mass is 563 g/mol. The van der Waals surface area contributed by atoms with E-state index in [1.807, 2.05) is 29.2 Å². The maximum atomic E-state index is 14.4. The number of carbonyl (C=O) groups is 2. The van der Waals surface area contributed by atoms with E-state index in [9.17, 15) is 14.7 Å². The van der Waals surface area contributed by atoms with E-state index in [0.717, 1.165) is 54.7 Å². The summed E-state index contributed by atoms with van der Waals surface area (Å²) < 4.78 is 13.7. The van der Waals surface area contributed by atoms with E-state index in [1.54, 1.807) is 42.3 Å². The summed E-state index contributed by atoms with van der Waals surface area (Å²) in [6.07, 6.45) is 3.55. The number of aromatic nitrogens is 1. The Kier molecular flexibility index (Phi) is 6.41. The molecule has 7 rings (SSSR count). The highest BCUT2D eigenvalue weighted by atomic mass is 16.7. The second-order valence-corrected chi connectivity index (χ2v) is 11.4. The summed E-state index contributed by atoms with van der Waals surface area (Å²) in [6.45, 7) is 3.50. The van der Waals surface area contributed by atoms with Crippen LogP contribution in [0.4, 0.5) is 5.69 Å². The van der Waals surface area contributed by atoms with Gasteiger partial charge in [0, 0.05) is 48.8 Å². The first-order valence-electron chi connectivity index (χ1n) is 14.5. The number of phenols is 1. The lowest BCUT2D eigenvalue weighted by atomic mass is 9.93. The second kappa shape index (κ2) is 10.3. The van der Waals surface area contributed by atoms with Crippen molar-refractivity contribution >= 4 is 17.5 Å². The van der Waals surface area contributed by atoms with E-state index >= 15 is 0 Å². The molecule has 4 heterocycles. The number of hydrogen-bond donors (Lipinski definition) is 1. The molecule has 0 saturated heterocycles. The maximum Gasteiger partial charge on any atom is 0.259 e. The van der Waals surface area contributed by atoms with Gasteiger partial charge in [0.1, 0.15) is 5.75 Å². The van der Waals surface area contributed by atoms with Gasteiger partial charge in [-0.3, -0.25) is 9.59 Å². The number of amides is 2. The second-order valence-electron chi connectivity index (χ2n) is 11.4. The van der Waals surface area contributed by atoms with Crippen LogP contribution in [0, 0.1) is 0 Å². The third kappa shape index (κ3) is 4.38. The van der Waals surface area contributed by atoms with Crippen LogP contribution in [0.3, 0.4) is 0 Å². The molecule has 1 aromatic heterocycles. The zero-order chi connectivity index (χ0) is 29.0. The molecule has 8 heteroatoms. The summed E-state index contributed by atoms with van der Waals surface area (Å²) in [6, 6.07) is 20.6. The maximum absolute atomic E-state index is 14.4.